The topological polar surface area (TPSA) is 67.9 Å². The van der Waals surface area contributed by atoms with Gasteiger partial charge in [0, 0.05) is 12.2 Å². The second kappa shape index (κ2) is 8.14. The highest BCUT2D eigenvalue weighted by molar-refractivity contribution is 6.32. The molecule has 1 unspecified atom stereocenters. The van der Waals surface area contributed by atoms with Crippen molar-refractivity contribution in [3.8, 4) is 11.5 Å². The first-order valence-corrected chi connectivity index (χ1v) is 8.77. The summed E-state index contributed by atoms with van der Waals surface area (Å²) in [6.45, 7) is 5.55. The van der Waals surface area contributed by atoms with E-state index in [4.69, 9.17) is 21.1 Å². The number of rotatable bonds is 6. The predicted octanol–water partition coefficient (Wildman–Crippen LogP) is 3.66. The Morgan fingerprint density at radius 2 is 2.15 bits per heavy atom. The molecule has 7 heteroatoms. The largest absolute Gasteiger partial charge is 0.482 e. The molecule has 0 radical (unpaired) electrons. The van der Waals surface area contributed by atoms with Crippen LogP contribution >= 0.6 is 11.6 Å². The summed E-state index contributed by atoms with van der Waals surface area (Å²) in [6.07, 6.45) is 1.07. The van der Waals surface area contributed by atoms with Gasteiger partial charge in [0.05, 0.1) is 10.7 Å². The van der Waals surface area contributed by atoms with Gasteiger partial charge in [-0.2, -0.15) is 0 Å². The first kappa shape index (κ1) is 18.8. The summed E-state index contributed by atoms with van der Waals surface area (Å²) in [6, 6.07) is 12.0. The van der Waals surface area contributed by atoms with Gasteiger partial charge in [0.25, 0.3) is 11.8 Å². The second-order valence-electron chi connectivity index (χ2n) is 5.95. The van der Waals surface area contributed by atoms with E-state index < -0.39 is 6.10 Å². The Bertz CT molecular complexity index is 884. The number of amides is 2. The molecule has 1 N–H and O–H groups in total. The van der Waals surface area contributed by atoms with E-state index in [0.29, 0.717) is 34.4 Å². The molecule has 0 aliphatic carbocycles. The summed E-state index contributed by atoms with van der Waals surface area (Å²) < 4.78 is 11.0. The summed E-state index contributed by atoms with van der Waals surface area (Å²) >= 11 is 6.00. The molecular weight excluding hydrogens is 368 g/mol. The minimum Gasteiger partial charge on any atom is -0.482 e. The van der Waals surface area contributed by atoms with Crippen LogP contribution in [0.15, 0.2) is 55.1 Å². The van der Waals surface area contributed by atoms with Crippen LogP contribution in [0.5, 0.6) is 11.5 Å². The van der Waals surface area contributed by atoms with Crippen molar-refractivity contribution >= 4 is 34.8 Å². The van der Waals surface area contributed by atoms with Crippen LogP contribution in [0.3, 0.4) is 0 Å². The number of ether oxygens (including phenoxy) is 2. The summed E-state index contributed by atoms with van der Waals surface area (Å²) in [5.41, 5.74) is 1.12. The zero-order valence-electron chi connectivity index (χ0n) is 14.8. The molecular formula is C20H19ClN2O4. The average Bonchev–Trinajstić information content (AvgIpc) is 2.65. The van der Waals surface area contributed by atoms with Gasteiger partial charge < -0.3 is 19.7 Å². The highest BCUT2D eigenvalue weighted by Crippen LogP contribution is 2.36. The summed E-state index contributed by atoms with van der Waals surface area (Å²) in [7, 11) is 0. The molecule has 2 amide bonds. The number of nitrogens with zero attached hydrogens (tertiary/aromatic N) is 1. The minimum atomic E-state index is -0.568. The zero-order chi connectivity index (χ0) is 19.4. The van der Waals surface area contributed by atoms with E-state index >= 15 is 0 Å². The number of anilines is 2. The maximum absolute atomic E-state index is 12.3. The average molecular weight is 387 g/mol. The smallest absolute Gasteiger partial charge is 0.268 e. The predicted molar refractivity (Wildman–Crippen MR) is 105 cm³/mol. The fourth-order valence-electron chi connectivity index (χ4n) is 2.70. The molecule has 2 aromatic carbocycles. The van der Waals surface area contributed by atoms with Crippen LogP contribution in [0.2, 0.25) is 5.02 Å². The van der Waals surface area contributed by atoms with E-state index in [0.717, 1.165) is 0 Å². The van der Waals surface area contributed by atoms with Gasteiger partial charge in [-0.05, 0) is 37.3 Å². The van der Waals surface area contributed by atoms with Gasteiger partial charge in [-0.15, -0.1) is 6.58 Å². The van der Waals surface area contributed by atoms with Gasteiger partial charge in [0.15, 0.2) is 12.7 Å². The first-order chi connectivity index (χ1) is 13.0. The van der Waals surface area contributed by atoms with E-state index in [9.17, 15) is 9.59 Å². The maximum Gasteiger partial charge on any atom is 0.268 e. The first-order valence-electron chi connectivity index (χ1n) is 8.39. The normalized spacial score (nSPS) is 15.6. The summed E-state index contributed by atoms with van der Waals surface area (Å²) in [5, 5.41) is 3.18. The number of fused-ring (bicyclic) bond motifs is 1. The van der Waals surface area contributed by atoms with Crippen molar-refractivity contribution in [3.05, 3.63) is 60.1 Å². The Balaban J connectivity index is 1.71. The number of hydrogen-bond donors (Lipinski definition) is 1. The zero-order valence-corrected chi connectivity index (χ0v) is 15.5. The number of carbonyl (C=O) groups is 2. The van der Waals surface area contributed by atoms with E-state index in [2.05, 4.69) is 11.9 Å². The molecule has 2 aromatic rings. The third-order valence-corrected chi connectivity index (χ3v) is 4.27. The van der Waals surface area contributed by atoms with Crippen molar-refractivity contribution in [2.24, 2.45) is 0 Å². The third-order valence-electron chi connectivity index (χ3n) is 3.96. The second-order valence-corrected chi connectivity index (χ2v) is 6.35. The summed E-state index contributed by atoms with van der Waals surface area (Å²) in [4.78, 5) is 26.1. The number of benzene rings is 2. The summed E-state index contributed by atoms with van der Waals surface area (Å²) in [5.74, 6) is 0.508. The van der Waals surface area contributed by atoms with Crippen LogP contribution < -0.4 is 19.7 Å². The number of para-hydroxylation sites is 1. The lowest BCUT2D eigenvalue weighted by Gasteiger charge is -2.32. The Morgan fingerprint density at radius 1 is 1.37 bits per heavy atom. The maximum atomic E-state index is 12.3. The van der Waals surface area contributed by atoms with Crippen LogP contribution in [0.25, 0.3) is 0 Å². The molecule has 0 bridgehead atoms. The Labute approximate surface area is 162 Å². The molecule has 0 spiro atoms. The molecule has 0 aromatic heterocycles. The highest BCUT2D eigenvalue weighted by atomic mass is 35.5. The lowest BCUT2D eigenvalue weighted by Crippen LogP contribution is -2.44. The van der Waals surface area contributed by atoms with Gasteiger partial charge in [0.1, 0.15) is 11.5 Å². The Kier molecular flexibility index (Phi) is 5.66. The lowest BCUT2D eigenvalue weighted by molar-refractivity contribution is -0.125. The quantitative estimate of drug-likeness (QED) is 0.769. The van der Waals surface area contributed by atoms with Gasteiger partial charge in [-0.3, -0.25) is 9.59 Å². The third kappa shape index (κ3) is 4.23. The molecule has 140 valence electrons. The molecule has 6 nitrogen and oxygen atoms in total. The van der Waals surface area contributed by atoms with Gasteiger partial charge in [0.2, 0.25) is 0 Å². The number of halogens is 1. The molecule has 3 rings (SSSR count). The van der Waals surface area contributed by atoms with Crippen molar-refractivity contribution in [2.45, 2.75) is 13.0 Å². The van der Waals surface area contributed by atoms with Crippen molar-refractivity contribution in [1.82, 2.24) is 0 Å². The van der Waals surface area contributed by atoms with E-state index in [1.54, 1.807) is 60.4 Å². The fourth-order valence-corrected chi connectivity index (χ4v) is 2.89. The molecule has 1 aliphatic rings. The minimum absolute atomic E-state index is 0.159. The lowest BCUT2D eigenvalue weighted by atomic mass is 10.1. The number of carbonyl (C=O) groups excluding carboxylic acids is 2. The van der Waals surface area contributed by atoms with Gasteiger partial charge >= 0.3 is 0 Å². The van der Waals surface area contributed by atoms with Crippen LogP contribution in [-0.4, -0.2) is 31.1 Å². The van der Waals surface area contributed by atoms with Crippen molar-refractivity contribution in [2.75, 3.05) is 23.4 Å². The highest BCUT2D eigenvalue weighted by Gasteiger charge is 2.31. The molecule has 0 fully saturated rings. The SMILES string of the molecule is C=CCN1C(=O)C(C)Oc2ccc(NC(=O)COc3ccccc3Cl)cc21. The van der Waals surface area contributed by atoms with Crippen LogP contribution in [0, 0.1) is 0 Å². The Morgan fingerprint density at radius 3 is 2.89 bits per heavy atom. The fraction of sp³-hybridized carbons (Fsp3) is 0.200. The van der Waals surface area contributed by atoms with Gasteiger partial charge in [-0.25, -0.2) is 0 Å². The molecule has 0 saturated carbocycles. The molecule has 1 atom stereocenters. The van der Waals surface area contributed by atoms with Crippen molar-refractivity contribution in [3.63, 3.8) is 0 Å². The van der Waals surface area contributed by atoms with Crippen LogP contribution in [0.4, 0.5) is 11.4 Å². The Hall–Kier alpha value is -2.99. The molecule has 1 heterocycles. The standard InChI is InChI=1S/C20H19ClN2O4/c1-3-10-23-16-11-14(8-9-18(16)27-13(2)20(23)25)22-19(24)12-26-17-7-5-4-6-15(17)21/h3-9,11,13H,1,10,12H2,2H3,(H,22,24). The van der Waals surface area contributed by atoms with Crippen LogP contribution in [0.1, 0.15) is 6.92 Å². The van der Waals surface area contributed by atoms with Gasteiger partial charge in [-0.1, -0.05) is 29.8 Å². The van der Waals surface area contributed by atoms with E-state index in [1.165, 1.54) is 0 Å². The van der Waals surface area contributed by atoms with E-state index in [1.807, 2.05) is 0 Å². The number of hydrogen-bond acceptors (Lipinski definition) is 4. The monoisotopic (exact) mass is 386 g/mol. The molecule has 27 heavy (non-hydrogen) atoms. The van der Waals surface area contributed by atoms with Crippen LogP contribution in [-0.2, 0) is 9.59 Å². The van der Waals surface area contributed by atoms with Crippen molar-refractivity contribution in [1.29, 1.82) is 0 Å². The van der Waals surface area contributed by atoms with E-state index in [-0.39, 0.29) is 18.4 Å². The molecule has 1 aliphatic heterocycles. The number of nitrogens with one attached hydrogen (secondary N) is 1. The van der Waals surface area contributed by atoms with Crippen molar-refractivity contribution < 1.29 is 19.1 Å². The molecule has 0 saturated heterocycles.